The minimum absolute atomic E-state index is 0.0833. The maximum atomic E-state index is 12.1. The lowest BCUT2D eigenvalue weighted by atomic mass is 9.85. The molecule has 6 nitrogen and oxygen atoms in total. The number of rotatable bonds is 2. The molecule has 1 aromatic rings. The highest BCUT2D eigenvalue weighted by molar-refractivity contribution is 6.28. The summed E-state index contributed by atoms with van der Waals surface area (Å²) in [5, 5.41) is 2.74. The smallest absolute Gasteiger partial charge is 0.235 e. The predicted octanol–water partition coefficient (Wildman–Crippen LogP) is 0.432. The highest BCUT2D eigenvalue weighted by atomic mass is 35.5. The van der Waals surface area contributed by atoms with Gasteiger partial charge in [0.05, 0.1) is 18.6 Å². The van der Waals surface area contributed by atoms with Gasteiger partial charge in [-0.25, -0.2) is 9.97 Å². The van der Waals surface area contributed by atoms with Gasteiger partial charge in [-0.1, -0.05) is 0 Å². The van der Waals surface area contributed by atoms with Gasteiger partial charge in [0.25, 0.3) is 0 Å². The molecule has 1 aliphatic heterocycles. The third kappa shape index (κ3) is 2.38. The highest BCUT2D eigenvalue weighted by Gasteiger charge is 2.44. The van der Waals surface area contributed by atoms with Gasteiger partial charge in [-0.15, -0.1) is 0 Å². The third-order valence-electron chi connectivity index (χ3n) is 2.90. The molecule has 92 valence electrons. The number of halogens is 1. The molecule has 0 saturated carbocycles. The Morgan fingerprint density at radius 2 is 2.53 bits per heavy atom. The van der Waals surface area contributed by atoms with Crippen molar-refractivity contribution in [1.29, 1.82) is 0 Å². The highest BCUT2D eigenvalue weighted by Crippen LogP contribution is 2.28. The van der Waals surface area contributed by atoms with Crippen LogP contribution in [0.4, 0.5) is 5.82 Å². The first-order valence-corrected chi connectivity index (χ1v) is 5.53. The normalized spacial score (nSPS) is 28.1. The molecule has 2 rings (SSSR count). The lowest BCUT2D eigenvalue weighted by Crippen LogP contribution is -2.47. The van der Waals surface area contributed by atoms with Crippen LogP contribution in [-0.2, 0) is 9.53 Å². The second kappa shape index (κ2) is 4.56. The van der Waals surface area contributed by atoms with E-state index in [0.717, 1.165) is 0 Å². The van der Waals surface area contributed by atoms with Crippen LogP contribution in [0.5, 0.6) is 0 Å². The van der Waals surface area contributed by atoms with Gasteiger partial charge in [0, 0.05) is 12.2 Å². The Balaban J connectivity index is 2.12. The number of nitrogens with zero attached hydrogens (tertiary/aromatic N) is 2. The molecule has 0 spiro atoms. The molecular weight excluding hydrogens is 244 g/mol. The van der Waals surface area contributed by atoms with Crippen molar-refractivity contribution >= 4 is 23.3 Å². The van der Waals surface area contributed by atoms with E-state index >= 15 is 0 Å². The van der Waals surface area contributed by atoms with Crippen molar-refractivity contribution in [3.8, 4) is 0 Å². The van der Waals surface area contributed by atoms with Gasteiger partial charge in [-0.2, -0.15) is 0 Å². The molecule has 17 heavy (non-hydrogen) atoms. The van der Waals surface area contributed by atoms with Crippen molar-refractivity contribution in [2.24, 2.45) is 11.1 Å². The molecule has 0 aliphatic carbocycles. The fraction of sp³-hybridized carbons (Fsp3) is 0.500. The Bertz CT molecular complexity index is 442. The zero-order valence-electron chi connectivity index (χ0n) is 9.31. The number of nitrogens with one attached hydrogen (secondary N) is 1. The van der Waals surface area contributed by atoms with Crippen molar-refractivity contribution in [3.05, 3.63) is 17.5 Å². The van der Waals surface area contributed by atoms with E-state index in [0.29, 0.717) is 19.0 Å². The van der Waals surface area contributed by atoms with E-state index < -0.39 is 5.41 Å². The number of aromatic nitrogens is 2. The fourth-order valence-corrected chi connectivity index (χ4v) is 1.73. The Hall–Kier alpha value is -1.24. The summed E-state index contributed by atoms with van der Waals surface area (Å²) in [6.07, 6.45) is 1.47. The van der Waals surface area contributed by atoms with E-state index in [2.05, 4.69) is 15.3 Å². The van der Waals surface area contributed by atoms with Gasteiger partial charge in [0.1, 0.15) is 5.82 Å². The van der Waals surface area contributed by atoms with E-state index in [1.165, 1.54) is 6.20 Å². The van der Waals surface area contributed by atoms with E-state index in [-0.39, 0.29) is 17.2 Å². The summed E-state index contributed by atoms with van der Waals surface area (Å²) in [5.41, 5.74) is 5.11. The molecule has 1 fully saturated rings. The summed E-state index contributed by atoms with van der Waals surface area (Å²) < 4.78 is 5.21. The molecule has 3 N–H and O–H groups in total. The maximum absolute atomic E-state index is 12.1. The molecule has 0 bridgehead atoms. The molecule has 1 amide bonds. The molecule has 1 aliphatic rings. The number of carbonyl (C=O) groups is 1. The van der Waals surface area contributed by atoms with E-state index in [9.17, 15) is 4.79 Å². The zero-order valence-corrected chi connectivity index (χ0v) is 10.1. The number of nitrogens with two attached hydrogens (primary N) is 1. The number of carbonyl (C=O) groups excluding carboxylic acids is 1. The van der Waals surface area contributed by atoms with Gasteiger partial charge in [0.2, 0.25) is 11.2 Å². The summed E-state index contributed by atoms with van der Waals surface area (Å²) in [7, 11) is 0. The van der Waals surface area contributed by atoms with Gasteiger partial charge < -0.3 is 15.8 Å². The number of amides is 1. The SMILES string of the molecule is CC1(C(=O)Nc2ccnc(Cl)n2)COCC1N. The van der Waals surface area contributed by atoms with Crippen molar-refractivity contribution in [1.82, 2.24) is 9.97 Å². The van der Waals surface area contributed by atoms with E-state index in [4.69, 9.17) is 22.1 Å². The monoisotopic (exact) mass is 256 g/mol. The van der Waals surface area contributed by atoms with Crippen molar-refractivity contribution in [3.63, 3.8) is 0 Å². The van der Waals surface area contributed by atoms with Crippen molar-refractivity contribution in [2.75, 3.05) is 18.5 Å². The molecule has 7 heteroatoms. The lowest BCUT2D eigenvalue weighted by Gasteiger charge is -2.24. The van der Waals surface area contributed by atoms with Crippen LogP contribution in [0.25, 0.3) is 0 Å². The third-order valence-corrected chi connectivity index (χ3v) is 3.09. The van der Waals surface area contributed by atoms with E-state index in [1.54, 1.807) is 13.0 Å². The summed E-state index contributed by atoms with van der Waals surface area (Å²) in [6.45, 7) is 2.45. The first-order valence-electron chi connectivity index (χ1n) is 5.16. The van der Waals surface area contributed by atoms with Gasteiger partial charge in [-0.05, 0) is 24.6 Å². The van der Waals surface area contributed by atoms with Crippen LogP contribution < -0.4 is 11.1 Å². The standard InChI is InChI=1S/C10H13ClN4O2/c1-10(5-17-4-6(10)12)8(16)14-7-2-3-13-9(11)15-7/h2-3,6H,4-5,12H2,1H3,(H,13,14,15,16). The summed E-state index contributed by atoms with van der Waals surface area (Å²) >= 11 is 5.63. The largest absolute Gasteiger partial charge is 0.379 e. The molecule has 1 saturated heterocycles. The molecular formula is C10H13ClN4O2. The van der Waals surface area contributed by atoms with Gasteiger partial charge >= 0.3 is 0 Å². The molecule has 2 heterocycles. The molecule has 0 radical (unpaired) electrons. The van der Waals surface area contributed by atoms with Crippen LogP contribution in [0, 0.1) is 5.41 Å². The quantitative estimate of drug-likeness (QED) is 0.749. The summed E-state index contributed by atoms with van der Waals surface area (Å²) in [6, 6.07) is 1.24. The second-order valence-electron chi connectivity index (χ2n) is 4.20. The number of hydrogen-bond donors (Lipinski definition) is 2. The Kier molecular flexibility index (Phi) is 3.28. The molecule has 0 aromatic carbocycles. The Morgan fingerprint density at radius 1 is 1.76 bits per heavy atom. The van der Waals surface area contributed by atoms with Gasteiger partial charge in [0.15, 0.2) is 0 Å². The average Bonchev–Trinajstić information content (AvgIpc) is 2.60. The van der Waals surface area contributed by atoms with Crippen LogP contribution in [-0.4, -0.2) is 35.1 Å². The minimum Gasteiger partial charge on any atom is -0.379 e. The van der Waals surface area contributed by atoms with Crippen molar-refractivity contribution in [2.45, 2.75) is 13.0 Å². The minimum atomic E-state index is -0.739. The Labute approximate surface area is 104 Å². The zero-order chi connectivity index (χ0) is 12.5. The number of ether oxygens (including phenoxy) is 1. The van der Waals surface area contributed by atoms with Crippen LogP contribution in [0.15, 0.2) is 12.3 Å². The molecule has 1 aromatic heterocycles. The molecule has 2 unspecified atom stereocenters. The summed E-state index contributed by atoms with van der Waals surface area (Å²) in [4.78, 5) is 19.7. The average molecular weight is 257 g/mol. The van der Waals surface area contributed by atoms with Crippen LogP contribution >= 0.6 is 11.6 Å². The first-order chi connectivity index (χ1) is 8.02. The van der Waals surface area contributed by atoms with E-state index in [1.807, 2.05) is 0 Å². The lowest BCUT2D eigenvalue weighted by molar-refractivity contribution is -0.125. The summed E-state index contributed by atoms with van der Waals surface area (Å²) in [5.74, 6) is 0.132. The molecule has 2 atom stereocenters. The van der Waals surface area contributed by atoms with Crippen LogP contribution in [0.2, 0.25) is 5.28 Å². The van der Waals surface area contributed by atoms with Gasteiger partial charge in [-0.3, -0.25) is 4.79 Å². The maximum Gasteiger partial charge on any atom is 0.235 e. The second-order valence-corrected chi connectivity index (χ2v) is 4.54. The van der Waals surface area contributed by atoms with Crippen LogP contribution in [0.1, 0.15) is 6.92 Å². The Morgan fingerprint density at radius 3 is 3.12 bits per heavy atom. The first kappa shape index (κ1) is 12.2. The fourth-order valence-electron chi connectivity index (χ4n) is 1.59. The van der Waals surface area contributed by atoms with Crippen molar-refractivity contribution < 1.29 is 9.53 Å². The number of hydrogen-bond acceptors (Lipinski definition) is 5. The predicted molar refractivity (Wildman–Crippen MR) is 62.6 cm³/mol. The van der Waals surface area contributed by atoms with Crippen LogP contribution in [0.3, 0.4) is 0 Å². The topological polar surface area (TPSA) is 90.1 Å². The number of anilines is 1.